The van der Waals surface area contributed by atoms with Crippen LogP contribution in [0.4, 0.5) is 4.39 Å². The fraction of sp³-hybridized carbons (Fsp3) is 0.208. The zero-order valence-electron chi connectivity index (χ0n) is 18.1. The van der Waals surface area contributed by atoms with Crippen molar-refractivity contribution in [3.63, 3.8) is 0 Å². The number of para-hydroxylation sites is 1. The van der Waals surface area contributed by atoms with Crippen LogP contribution in [-0.4, -0.2) is 20.8 Å². The molecule has 2 aromatic heterocycles. The minimum absolute atomic E-state index is 0.0771. The number of aryl methyl sites for hydroxylation is 2. The Balaban J connectivity index is 1.46. The van der Waals surface area contributed by atoms with Gasteiger partial charge >= 0.3 is 0 Å². The number of carbonyl (C=O) groups is 1. The smallest absolute Gasteiger partial charge is 0.274 e. The molecule has 0 saturated carbocycles. The number of carbonyl (C=O) groups excluding carboxylic acids is 1. The summed E-state index contributed by atoms with van der Waals surface area (Å²) in [4.78, 5) is 12.8. The van der Waals surface area contributed by atoms with E-state index in [1.807, 2.05) is 48.9 Å². The van der Waals surface area contributed by atoms with Gasteiger partial charge in [0.2, 0.25) is 0 Å². The molecule has 7 nitrogen and oxygen atoms in total. The summed E-state index contributed by atoms with van der Waals surface area (Å²) in [5.41, 5.74) is 4.38. The molecule has 164 valence electrons. The van der Waals surface area contributed by atoms with Gasteiger partial charge < -0.3 is 14.6 Å². The molecule has 0 aliphatic rings. The molecule has 2 heterocycles. The van der Waals surface area contributed by atoms with E-state index >= 15 is 0 Å². The topological polar surface area (TPSA) is 82.2 Å². The van der Waals surface area contributed by atoms with E-state index in [1.54, 1.807) is 6.92 Å². The van der Waals surface area contributed by atoms with E-state index in [0.29, 0.717) is 23.6 Å². The van der Waals surface area contributed by atoms with Crippen molar-refractivity contribution in [3.05, 3.63) is 94.4 Å². The average molecular weight is 434 g/mol. The van der Waals surface area contributed by atoms with Crippen LogP contribution < -0.4 is 10.1 Å². The minimum atomic E-state index is -0.370. The first kappa shape index (κ1) is 21.3. The van der Waals surface area contributed by atoms with Crippen molar-refractivity contribution in [2.45, 2.75) is 33.9 Å². The Kier molecular flexibility index (Phi) is 6.02. The van der Waals surface area contributed by atoms with Crippen LogP contribution in [0.2, 0.25) is 0 Å². The Hall–Kier alpha value is -3.94. The van der Waals surface area contributed by atoms with Gasteiger partial charge in [0.15, 0.2) is 5.69 Å². The maximum atomic E-state index is 13.1. The number of halogens is 1. The third-order valence-electron chi connectivity index (χ3n) is 5.26. The zero-order valence-corrected chi connectivity index (χ0v) is 18.1. The molecular formula is C24H23FN4O3. The first-order chi connectivity index (χ1) is 15.4. The van der Waals surface area contributed by atoms with Crippen molar-refractivity contribution < 1.29 is 18.4 Å². The number of ether oxygens (including phenoxy) is 1. The second-order valence-electron chi connectivity index (χ2n) is 7.39. The Labute approximate surface area is 184 Å². The molecule has 4 rings (SSSR count). The third-order valence-corrected chi connectivity index (χ3v) is 5.26. The normalized spacial score (nSPS) is 10.9. The van der Waals surface area contributed by atoms with Crippen LogP contribution in [0, 0.1) is 26.6 Å². The average Bonchev–Trinajstić information content (AvgIpc) is 3.31. The summed E-state index contributed by atoms with van der Waals surface area (Å²) in [6.45, 7) is 5.97. The first-order valence-corrected chi connectivity index (χ1v) is 10.2. The molecule has 0 fully saturated rings. The Morgan fingerprint density at radius 1 is 1.06 bits per heavy atom. The molecule has 0 bridgehead atoms. The Morgan fingerprint density at radius 2 is 1.78 bits per heavy atom. The van der Waals surface area contributed by atoms with E-state index in [4.69, 9.17) is 9.26 Å². The van der Waals surface area contributed by atoms with Crippen molar-refractivity contribution in [2.24, 2.45) is 0 Å². The predicted molar refractivity (Wildman–Crippen MR) is 116 cm³/mol. The number of rotatable bonds is 7. The van der Waals surface area contributed by atoms with Crippen molar-refractivity contribution in [1.29, 1.82) is 0 Å². The van der Waals surface area contributed by atoms with Gasteiger partial charge in [-0.15, -0.1) is 0 Å². The number of nitrogens with zero attached hydrogens (tertiary/aromatic N) is 3. The van der Waals surface area contributed by atoms with Gasteiger partial charge in [-0.3, -0.25) is 4.79 Å². The van der Waals surface area contributed by atoms with Crippen molar-refractivity contribution >= 4 is 5.91 Å². The molecule has 32 heavy (non-hydrogen) atoms. The highest BCUT2D eigenvalue weighted by molar-refractivity contribution is 5.93. The standard InChI is InChI=1S/C24H23FN4O3/c1-15-21(16(2)29(27-15)19-7-5-4-6-8-19)13-26-24(30)23-22(17(3)32-28-23)14-31-20-11-9-18(25)10-12-20/h4-12H,13-14H2,1-3H3,(H,26,30). The number of benzene rings is 2. The Morgan fingerprint density at radius 3 is 2.50 bits per heavy atom. The van der Waals surface area contributed by atoms with E-state index in [-0.39, 0.29) is 24.0 Å². The van der Waals surface area contributed by atoms with Crippen LogP contribution in [0.15, 0.2) is 59.1 Å². The van der Waals surface area contributed by atoms with Crippen LogP contribution in [0.5, 0.6) is 5.75 Å². The maximum absolute atomic E-state index is 13.1. The fourth-order valence-electron chi connectivity index (χ4n) is 3.43. The van der Waals surface area contributed by atoms with E-state index < -0.39 is 0 Å². The van der Waals surface area contributed by atoms with Gasteiger partial charge in [0.05, 0.1) is 16.9 Å². The lowest BCUT2D eigenvalue weighted by atomic mass is 10.1. The quantitative estimate of drug-likeness (QED) is 0.465. The van der Waals surface area contributed by atoms with Gasteiger partial charge in [-0.05, 0) is 57.2 Å². The summed E-state index contributed by atoms with van der Waals surface area (Å²) in [5, 5.41) is 11.4. The summed E-state index contributed by atoms with van der Waals surface area (Å²) < 4.78 is 25.8. The highest BCUT2D eigenvalue weighted by Crippen LogP contribution is 2.20. The van der Waals surface area contributed by atoms with E-state index in [0.717, 1.165) is 22.6 Å². The first-order valence-electron chi connectivity index (χ1n) is 10.2. The largest absolute Gasteiger partial charge is 0.489 e. The van der Waals surface area contributed by atoms with Gasteiger partial charge in [-0.1, -0.05) is 23.4 Å². The lowest BCUT2D eigenvalue weighted by Crippen LogP contribution is -2.25. The molecule has 0 saturated heterocycles. The Bertz CT molecular complexity index is 1230. The summed E-state index contributed by atoms with van der Waals surface area (Å²) >= 11 is 0. The zero-order chi connectivity index (χ0) is 22.7. The van der Waals surface area contributed by atoms with Crippen LogP contribution in [0.3, 0.4) is 0 Å². The molecule has 1 N–H and O–H groups in total. The molecule has 0 unspecified atom stereocenters. The number of hydrogen-bond acceptors (Lipinski definition) is 5. The van der Waals surface area contributed by atoms with Crippen molar-refractivity contribution in [1.82, 2.24) is 20.3 Å². The van der Waals surface area contributed by atoms with Gasteiger partial charge in [-0.2, -0.15) is 5.10 Å². The fourth-order valence-corrected chi connectivity index (χ4v) is 3.43. The maximum Gasteiger partial charge on any atom is 0.274 e. The highest BCUT2D eigenvalue weighted by Gasteiger charge is 2.21. The van der Waals surface area contributed by atoms with Gasteiger partial charge in [0.25, 0.3) is 5.91 Å². The van der Waals surface area contributed by atoms with E-state index in [9.17, 15) is 9.18 Å². The van der Waals surface area contributed by atoms with Crippen molar-refractivity contribution in [3.8, 4) is 11.4 Å². The van der Waals surface area contributed by atoms with Crippen molar-refractivity contribution in [2.75, 3.05) is 0 Å². The minimum Gasteiger partial charge on any atom is -0.489 e. The van der Waals surface area contributed by atoms with Crippen LogP contribution >= 0.6 is 0 Å². The van der Waals surface area contributed by atoms with Crippen LogP contribution in [-0.2, 0) is 13.2 Å². The molecule has 0 aliphatic carbocycles. The second kappa shape index (κ2) is 9.05. The monoisotopic (exact) mass is 434 g/mol. The van der Waals surface area contributed by atoms with Gasteiger partial charge in [0.1, 0.15) is 23.9 Å². The second-order valence-corrected chi connectivity index (χ2v) is 7.39. The van der Waals surface area contributed by atoms with Crippen LogP contribution in [0.25, 0.3) is 5.69 Å². The number of aromatic nitrogens is 3. The lowest BCUT2D eigenvalue weighted by Gasteiger charge is -2.08. The molecular weight excluding hydrogens is 411 g/mol. The summed E-state index contributed by atoms with van der Waals surface area (Å²) in [5.74, 6) is 0.255. The lowest BCUT2D eigenvalue weighted by molar-refractivity contribution is 0.0939. The molecule has 0 aliphatic heterocycles. The van der Waals surface area contributed by atoms with Gasteiger partial charge in [0, 0.05) is 17.8 Å². The summed E-state index contributed by atoms with van der Waals surface area (Å²) in [6, 6.07) is 15.5. The molecule has 1 amide bonds. The highest BCUT2D eigenvalue weighted by atomic mass is 19.1. The molecule has 2 aromatic carbocycles. The molecule has 0 spiro atoms. The molecule has 0 radical (unpaired) electrons. The van der Waals surface area contributed by atoms with E-state index in [2.05, 4.69) is 15.6 Å². The van der Waals surface area contributed by atoms with Gasteiger partial charge in [-0.25, -0.2) is 9.07 Å². The SMILES string of the molecule is Cc1nn(-c2ccccc2)c(C)c1CNC(=O)c1noc(C)c1COc1ccc(F)cc1. The predicted octanol–water partition coefficient (Wildman–Crippen LogP) is 4.43. The van der Waals surface area contributed by atoms with E-state index in [1.165, 1.54) is 24.3 Å². The molecule has 0 atom stereocenters. The molecule has 4 aromatic rings. The number of amides is 1. The third kappa shape index (κ3) is 4.39. The summed E-state index contributed by atoms with van der Waals surface area (Å²) in [7, 11) is 0. The number of nitrogens with one attached hydrogen (secondary N) is 1. The number of hydrogen-bond donors (Lipinski definition) is 1. The molecule has 8 heteroatoms. The van der Waals surface area contributed by atoms with Crippen LogP contribution in [0.1, 0.15) is 38.8 Å². The summed E-state index contributed by atoms with van der Waals surface area (Å²) in [6.07, 6.45) is 0.